The summed E-state index contributed by atoms with van der Waals surface area (Å²) in [6.45, 7) is 9.87. The van der Waals surface area contributed by atoms with E-state index in [1.165, 1.54) is 70.6 Å². The molecular formula is C20H33N3. The molecule has 0 N–H and O–H groups in total. The van der Waals surface area contributed by atoms with Gasteiger partial charge in [0.25, 0.3) is 0 Å². The van der Waals surface area contributed by atoms with Crippen LogP contribution in [0.2, 0.25) is 0 Å². The van der Waals surface area contributed by atoms with E-state index in [-0.39, 0.29) is 0 Å². The van der Waals surface area contributed by atoms with E-state index in [1.54, 1.807) is 0 Å². The fraction of sp³-hybridized carbons (Fsp3) is 0.700. The topological polar surface area (TPSA) is 9.72 Å². The second-order valence-electron chi connectivity index (χ2n) is 7.45. The van der Waals surface area contributed by atoms with Crippen LogP contribution >= 0.6 is 0 Å². The highest BCUT2D eigenvalue weighted by Crippen LogP contribution is 2.25. The average Bonchev–Trinajstić information content (AvgIpc) is 3.05. The number of piperidine rings is 1. The standard InChI is InChI=1S/C20H33N3/c1-3-12-22-13-10-19(11-14-22)21(2)16-18-9-15-23(17-18)20-7-5-4-6-8-20/h4-8,18-19H,3,9-17H2,1-2H3. The van der Waals surface area contributed by atoms with Gasteiger partial charge in [0.15, 0.2) is 0 Å². The second kappa shape index (κ2) is 8.16. The van der Waals surface area contributed by atoms with Crippen molar-refractivity contribution in [1.29, 1.82) is 0 Å². The number of rotatable bonds is 6. The largest absolute Gasteiger partial charge is 0.371 e. The molecule has 0 amide bonds. The molecule has 0 saturated carbocycles. The van der Waals surface area contributed by atoms with Gasteiger partial charge in [-0.25, -0.2) is 0 Å². The van der Waals surface area contributed by atoms with Crippen LogP contribution in [0.25, 0.3) is 0 Å². The lowest BCUT2D eigenvalue weighted by Gasteiger charge is -2.37. The van der Waals surface area contributed by atoms with Crippen LogP contribution in [-0.2, 0) is 0 Å². The Bertz CT molecular complexity index is 453. The number of likely N-dealkylation sites (tertiary alicyclic amines) is 1. The molecule has 2 saturated heterocycles. The minimum Gasteiger partial charge on any atom is -0.371 e. The van der Waals surface area contributed by atoms with E-state index in [2.05, 4.69) is 59.0 Å². The molecule has 2 aliphatic heterocycles. The van der Waals surface area contributed by atoms with Gasteiger partial charge in [0.05, 0.1) is 0 Å². The number of hydrogen-bond donors (Lipinski definition) is 0. The summed E-state index contributed by atoms with van der Waals surface area (Å²) in [5.41, 5.74) is 1.39. The molecule has 0 aliphatic carbocycles. The summed E-state index contributed by atoms with van der Waals surface area (Å²) >= 11 is 0. The first-order chi connectivity index (χ1) is 11.3. The molecule has 1 atom stereocenters. The second-order valence-corrected chi connectivity index (χ2v) is 7.45. The van der Waals surface area contributed by atoms with Crippen LogP contribution in [0.15, 0.2) is 30.3 Å². The lowest BCUT2D eigenvalue weighted by atomic mass is 10.0. The molecule has 3 nitrogen and oxygen atoms in total. The van der Waals surface area contributed by atoms with Crippen LogP contribution in [0, 0.1) is 5.92 Å². The van der Waals surface area contributed by atoms with Gasteiger partial charge in [-0.2, -0.15) is 0 Å². The van der Waals surface area contributed by atoms with Gasteiger partial charge in [0, 0.05) is 31.4 Å². The predicted molar refractivity (Wildman–Crippen MR) is 99.1 cm³/mol. The van der Waals surface area contributed by atoms with Gasteiger partial charge in [0.2, 0.25) is 0 Å². The normalized spacial score (nSPS) is 23.8. The average molecular weight is 316 g/mol. The molecule has 0 radical (unpaired) electrons. The van der Waals surface area contributed by atoms with Crippen molar-refractivity contribution in [3.05, 3.63) is 30.3 Å². The molecule has 128 valence electrons. The Hall–Kier alpha value is -1.06. The Morgan fingerprint density at radius 2 is 1.78 bits per heavy atom. The summed E-state index contributed by atoms with van der Waals surface area (Å²) < 4.78 is 0. The van der Waals surface area contributed by atoms with Gasteiger partial charge in [-0.1, -0.05) is 25.1 Å². The highest BCUT2D eigenvalue weighted by atomic mass is 15.2. The van der Waals surface area contributed by atoms with Crippen LogP contribution in [-0.4, -0.2) is 62.2 Å². The first kappa shape index (κ1) is 16.8. The molecule has 0 spiro atoms. The maximum absolute atomic E-state index is 2.66. The third-order valence-corrected chi connectivity index (χ3v) is 5.67. The van der Waals surface area contributed by atoms with Crippen LogP contribution in [0.1, 0.15) is 32.6 Å². The summed E-state index contributed by atoms with van der Waals surface area (Å²) in [5.74, 6) is 0.828. The summed E-state index contributed by atoms with van der Waals surface area (Å²) in [5, 5.41) is 0. The molecule has 1 aromatic rings. The molecule has 1 unspecified atom stereocenters. The van der Waals surface area contributed by atoms with Crippen LogP contribution < -0.4 is 4.90 Å². The van der Waals surface area contributed by atoms with E-state index in [9.17, 15) is 0 Å². The Balaban J connectivity index is 1.43. The van der Waals surface area contributed by atoms with Crippen LogP contribution in [0.5, 0.6) is 0 Å². The first-order valence-corrected chi connectivity index (χ1v) is 9.49. The molecule has 3 rings (SSSR count). The van der Waals surface area contributed by atoms with Crippen LogP contribution in [0.3, 0.4) is 0 Å². The van der Waals surface area contributed by atoms with Gasteiger partial charge in [-0.15, -0.1) is 0 Å². The maximum atomic E-state index is 2.66. The van der Waals surface area contributed by atoms with Crippen molar-refractivity contribution in [3.63, 3.8) is 0 Å². The summed E-state index contributed by atoms with van der Waals surface area (Å²) in [4.78, 5) is 7.85. The first-order valence-electron chi connectivity index (χ1n) is 9.49. The minimum absolute atomic E-state index is 0.800. The van der Waals surface area contributed by atoms with Crippen molar-refractivity contribution in [1.82, 2.24) is 9.80 Å². The molecule has 2 aliphatic rings. The predicted octanol–water partition coefficient (Wildman–Crippen LogP) is 3.32. The third-order valence-electron chi connectivity index (χ3n) is 5.67. The fourth-order valence-corrected chi connectivity index (χ4v) is 4.31. The molecular weight excluding hydrogens is 282 g/mol. The van der Waals surface area contributed by atoms with Crippen molar-refractivity contribution in [2.45, 2.75) is 38.6 Å². The monoisotopic (exact) mass is 315 g/mol. The zero-order valence-corrected chi connectivity index (χ0v) is 15.0. The van der Waals surface area contributed by atoms with E-state index in [1.807, 2.05) is 0 Å². The van der Waals surface area contributed by atoms with E-state index >= 15 is 0 Å². The summed E-state index contributed by atoms with van der Waals surface area (Å²) in [6.07, 6.45) is 5.34. The Morgan fingerprint density at radius 3 is 2.48 bits per heavy atom. The third kappa shape index (κ3) is 4.48. The number of para-hydroxylation sites is 1. The lowest BCUT2D eigenvalue weighted by Crippen LogP contribution is -2.45. The van der Waals surface area contributed by atoms with Gasteiger partial charge >= 0.3 is 0 Å². The molecule has 1 aromatic carbocycles. The van der Waals surface area contributed by atoms with E-state index < -0.39 is 0 Å². The van der Waals surface area contributed by atoms with Crippen molar-refractivity contribution < 1.29 is 0 Å². The lowest BCUT2D eigenvalue weighted by molar-refractivity contribution is 0.118. The van der Waals surface area contributed by atoms with E-state index in [0.29, 0.717) is 0 Å². The smallest absolute Gasteiger partial charge is 0.0366 e. The van der Waals surface area contributed by atoms with Crippen molar-refractivity contribution >= 4 is 5.69 Å². The van der Waals surface area contributed by atoms with Crippen molar-refractivity contribution in [3.8, 4) is 0 Å². The zero-order valence-electron chi connectivity index (χ0n) is 15.0. The minimum atomic E-state index is 0.800. The Labute approximate surface area is 142 Å². The number of hydrogen-bond acceptors (Lipinski definition) is 3. The highest BCUT2D eigenvalue weighted by molar-refractivity contribution is 5.46. The SMILES string of the molecule is CCCN1CCC(N(C)CC2CCN(c3ccccc3)C2)CC1. The van der Waals surface area contributed by atoms with Crippen molar-refractivity contribution in [2.75, 3.05) is 51.2 Å². The van der Waals surface area contributed by atoms with E-state index in [4.69, 9.17) is 0 Å². The zero-order chi connectivity index (χ0) is 16.1. The van der Waals surface area contributed by atoms with Gasteiger partial charge in [-0.3, -0.25) is 0 Å². The van der Waals surface area contributed by atoms with Crippen molar-refractivity contribution in [2.24, 2.45) is 5.92 Å². The molecule has 2 fully saturated rings. The van der Waals surface area contributed by atoms with Gasteiger partial charge in [-0.05, 0) is 70.4 Å². The maximum Gasteiger partial charge on any atom is 0.0366 e. The quantitative estimate of drug-likeness (QED) is 0.797. The number of nitrogens with zero attached hydrogens (tertiary/aromatic N) is 3. The summed E-state index contributed by atoms with van der Waals surface area (Å²) in [7, 11) is 2.35. The molecule has 2 heterocycles. The Kier molecular flexibility index (Phi) is 5.96. The van der Waals surface area contributed by atoms with Crippen LogP contribution in [0.4, 0.5) is 5.69 Å². The Morgan fingerprint density at radius 1 is 1.04 bits per heavy atom. The number of benzene rings is 1. The molecule has 3 heteroatoms. The molecule has 0 aromatic heterocycles. The van der Waals surface area contributed by atoms with Gasteiger partial charge in [0.1, 0.15) is 0 Å². The summed E-state index contributed by atoms with van der Waals surface area (Å²) in [6, 6.07) is 11.7. The van der Waals surface area contributed by atoms with E-state index in [0.717, 1.165) is 12.0 Å². The molecule has 0 bridgehead atoms. The number of anilines is 1. The molecule has 23 heavy (non-hydrogen) atoms. The van der Waals surface area contributed by atoms with Gasteiger partial charge < -0.3 is 14.7 Å². The fourth-order valence-electron chi connectivity index (χ4n) is 4.31. The highest BCUT2D eigenvalue weighted by Gasteiger charge is 2.27.